The Morgan fingerprint density at radius 1 is 1.20 bits per heavy atom. The Hall–Kier alpha value is -1.72. The number of thiazole rings is 1. The van der Waals surface area contributed by atoms with Crippen molar-refractivity contribution < 1.29 is 9.59 Å². The van der Waals surface area contributed by atoms with Crippen LogP contribution >= 0.6 is 22.9 Å². The Bertz CT molecular complexity index is 656. The van der Waals surface area contributed by atoms with Crippen LogP contribution in [0.3, 0.4) is 0 Å². The molecule has 2 heterocycles. The second kappa shape index (κ2) is 5.00. The molecule has 102 valence electrons. The fraction of sp³-hybridized carbons (Fsp3) is 0.214. The van der Waals surface area contributed by atoms with Gasteiger partial charge in [0, 0.05) is 13.0 Å². The molecule has 0 N–H and O–H groups in total. The lowest BCUT2D eigenvalue weighted by atomic mass is 10.1. The molecule has 1 aromatic carbocycles. The average molecular weight is 307 g/mol. The molecule has 4 nitrogen and oxygen atoms in total. The molecule has 0 spiro atoms. The molecule has 1 aromatic heterocycles. The lowest BCUT2D eigenvalue weighted by molar-refractivity contribution is 0.0656. The topological polar surface area (TPSA) is 50.3 Å². The van der Waals surface area contributed by atoms with Crippen LogP contribution in [0.2, 0.25) is 4.34 Å². The van der Waals surface area contributed by atoms with Gasteiger partial charge in [0.2, 0.25) is 0 Å². The van der Waals surface area contributed by atoms with Crippen LogP contribution in [-0.2, 0) is 6.42 Å². The molecular formula is C14H11ClN2O2S. The van der Waals surface area contributed by atoms with Gasteiger partial charge in [0.25, 0.3) is 11.8 Å². The molecule has 1 aliphatic heterocycles. The standard InChI is InChI=1S/C14H11ClN2O2S/c1-8-12(15)20-11(16-8)6-7-17-13(18)9-4-2-3-5-10(9)14(17)19/h2-5H,6-7H2,1H3. The zero-order chi connectivity index (χ0) is 14.3. The van der Waals surface area contributed by atoms with E-state index in [-0.39, 0.29) is 11.8 Å². The average Bonchev–Trinajstić information content (AvgIpc) is 2.88. The number of imide groups is 1. The summed E-state index contributed by atoms with van der Waals surface area (Å²) in [5.41, 5.74) is 1.74. The van der Waals surface area contributed by atoms with Crippen molar-refractivity contribution in [2.45, 2.75) is 13.3 Å². The molecule has 2 aromatic rings. The van der Waals surface area contributed by atoms with Crippen molar-refractivity contribution >= 4 is 34.8 Å². The van der Waals surface area contributed by atoms with Gasteiger partial charge in [0.05, 0.1) is 21.8 Å². The number of carbonyl (C=O) groups is 2. The molecule has 0 fully saturated rings. The summed E-state index contributed by atoms with van der Waals surface area (Å²) < 4.78 is 0.655. The molecule has 0 saturated carbocycles. The van der Waals surface area contributed by atoms with E-state index in [2.05, 4.69) is 4.98 Å². The highest BCUT2D eigenvalue weighted by Gasteiger charge is 2.34. The number of hydrogen-bond donors (Lipinski definition) is 0. The summed E-state index contributed by atoms with van der Waals surface area (Å²) in [6.07, 6.45) is 0.531. The summed E-state index contributed by atoms with van der Waals surface area (Å²) in [7, 11) is 0. The van der Waals surface area contributed by atoms with Crippen molar-refractivity contribution in [3.8, 4) is 0 Å². The number of hydrogen-bond acceptors (Lipinski definition) is 4. The number of rotatable bonds is 3. The Kier molecular flexibility index (Phi) is 3.31. The first-order valence-electron chi connectivity index (χ1n) is 6.15. The smallest absolute Gasteiger partial charge is 0.261 e. The number of carbonyl (C=O) groups excluding carboxylic acids is 2. The first kappa shape index (κ1) is 13.3. The molecule has 1 aliphatic rings. The van der Waals surface area contributed by atoms with Crippen LogP contribution < -0.4 is 0 Å². The summed E-state index contributed by atoms with van der Waals surface area (Å²) in [6, 6.07) is 6.88. The monoisotopic (exact) mass is 306 g/mol. The second-order valence-electron chi connectivity index (χ2n) is 4.52. The molecular weight excluding hydrogens is 296 g/mol. The zero-order valence-electron chi connectivity index (χ0n) is 10.7. The number of benzene rings is 1. The Labute approximate surface area is 125 Å². The molecule has 0 atom stereocenters. The van der Waals surface area contributed by atoms with E-state index < -0.39 is 0 Å². The van der Waals surface area contributed by atoms with Crippen LogP contribution in [0, 0.1) is 6.92 Å². The van der Waals surface area contributed by atoms with Gasteiger partial charge in [0.1, 0.15) is 4.34 Å². The third kappa shape index (κ3) is 2.13. The minimum atomic E-state index is -0.232. The van der Waals surface area contributed by atoms with Crippen molar-refractivity contribution in [2.24, 2.45) is 0 Å². The van der Waals surface area contributed by atoms with Crippen LogP contribution in [0.15, 0.2) is 24.3 Å². The van der Waals surface area contributed by atoms with Crippen LogP contribution in [0.25, 0.3) is 0 Å². The predicted octanol–water partition coefficient (Wildman–Crippen LogP) is 2.94. The summed E-state index contributed by atoms with van der Waals surface area (Å²) in [5.74, 6) is -0.463. The number of nitrogens with zero attached hydrogens (tertiary/aromatic N) is 2. The van der Waals surface area contributed by atoms with Gasteiger partial charge in [-0.05, 0) is 19.1 Å². The maximum Gasteiger partial charge on any atom is 0.261 e. The molecule has 2 amide bonds. The third-order valence-electron chi connectivity index (χ3n) is 3.21. The third-order valence-corrected chi connectivity index (χ3v) is 4.72. The first-order valence-corrected chi connectivity index (χ1v) is 7.34. The van der Waals surface area contributed by atoms with E-state index in [0.29, 0.717) is 28.4 Å². The van der Waals surface area contributed by atoms with Gasteiger partial charge in [0.15, 0.2) is 0 Å². The van der Waals surface area contributed by atoms with E-state index in [1.165, 1.54) is 16.2 Å². The normalized spacial score (nSPS) is 14.0. The Morgan fingerprint density at radius 2 is 1.80 bits per heavy atom. The summed E-state index contributed by atoms with van der Waals surface area (Å²) in [5, 5.41) is 0.837. The Balaban J connectivity index is 1.77. The zero-order valence-corrected chi connectivity index (χ0v) is 12.3. The van der Waals surface area contributed by atoms with Gasteiger partial charge >= 0.3 is 0 Å². The maximum atomic E-state index is 12.2. The molecule has 6 heteroatoms. The summed E-state index contributed by atoms with van der Waals surface area (Å²) >= 11 is 7.35. The van der Waals surface area contributed by atoms with Crippen LogP contribution in [0.5, 0.6) is 0 Å². The van der Waals surface area contributed by atoms with Gasteiger partial charge in [-0.2, -0.15) is 0 Å². The van der Waals surface area contributed by atoms with E-state index in [9.17, 15) is 9.59 Å². The first-order chi connectivity index (χ1) is 9.58. The van der Waals surface area contributed by atoms with Gasteiger partial charge in [-0.25, -0.2) is 4.98 Å². The Morgan fingerprint density at radius 3 is 2.30 bits per heavy atom. The fourth-order valence-corrected chi connectivity index (χ4v) is 3.27. The number of halogens is 1. The maximum absolute atomic E-state index is 12.2. The largest absolute Gasteiger partial charge is 0.274 e. The van der Waals surface area contributed by atoms with Gasteiger partial charge in [-0.3, -0.25) is 14.5 Å². The second-order valence-corrected chi connectivity index (χ2v) is 6.21. The molecule has 0 aliphatic carbocycles. The highest BCUT2D eigenvalue weighted by Crippen LogP contribution is 2.26. The van der Waals surface area contributed by atoms with Gasteiger partial charge in [-0.15, -0.1) is 11.3 Å². The van der Waals surface area contributed by atoms with E-state index in [1.807, 2.05) is 6.92 Å². The van der Waals surface area contributed by atoms with E-state index in [0.717, 1.165) is 10.7 Å². The van der Waals surface area contributed by atoms with Crippen molar-refractivity contribution in [1.82, 2.24) is 9.88 Å². The van der Waals surface area contributed by atoms with E-state index in [1.54, 1.807) is 24.3 Å². The van der Waals surface area contributed by atoms with Crippen molar-refractivity contribution in [3.05, 3.63) is 50.4 Å². The molecule has 0 unspecified atom stereocenters. The molecule has 20 heavy (non-hydrogen) atoms. The van der Waals surface area contributed by atoms with Gasteiger partial charge < -0.3 is 0 Å². The molecule has 0 radical (unpaired) electrons. The molecule has 0 saturated heterocycles. The highest BCUT2D eigenvalue weighted by molar-refractivity contribution is 7.16. The van der Waals surface area contributed by atoms with Crippen molar-refractivity contribution in [2.75, 3.05) is 6.54 Å². The quantitative estimate of drug-likeness (QED) is 0.819. The van der Waals surface area contributed by atoms with Crippen molar-refractivity contribution in [1.29, 1.82) is 0 Å². The SMILES string of the molecule is Cc1nc(CCN2C(=O)c3ccccc3C2=O)sc1Cl. The highest BCUT2D eigenvalue weighted by atomic mass is 35.5. The predicted molar refractivity (Wildman–Crippen MR) is 77.4 cm³/mol. The lowest BCUT2D eigenvalue weighted by Gasteiger charge is -2.12. The summed E-state index contributed by atoms with van der Waals surface area (Å²) in [6.45, 7) is 2.17. The minimum Gasteiger partial charge on any atom is -0.274 e. The van der Waals surface area contributed by atoms with Gasteiger partial charge in [-0.1, -0.05) is 23.7 Å². The van der Waals surface area contributed by atoms with Crippen LogP contribution in [0.4, 0.5) is 0 Å². The number of aromatic nitrogens is 1. The summed E-state index contributed by atoms with van der Waals surface area (Å²) in [4.78, 5) is 29.9. The minimum absolute atomic E-state index is 0.232. The van der Waals surface area contributed by atoms with E-state index >= 15 is 0 Å². The molecule has 0 bridgehead atoms. The number of aryl methyl sites for hydroxylation is 1. The lowest BCUT2D eigenvalue weighted by Crippen LogP contribution is -2.31. The van der Waals surface area contributed by atoms with Crippen LogP contribution in [0.1, 0.15) is 31.4 Å². The van der Waals surface area contributed by atoms with Crippen LogP contribution in [-0.4, -0.2) is 28.2 Å². The number of amides is 2. The fourth-order valence-electron chi connectivity index (χ4n) is 2.19. The van der Waals surface area contributed by atoms with E-state index in [4.69, 9.17) is 11.6 Å². The number of fused-ring (bicyclic) bond motifs is 1. The molecule has 3 rings (SSSR count). The van der Waals surface area contributed by atoms with Crippen molar-refractivity contribution in [3.63, 3.8) is 0 Å².